The van der Waals surface area contributed by atoms with Crippen LogP contribution in [0.25, 0.3) is 0 Å². The molecule has 1 fully saturated rings. The largest absolute Gasteiger partial charge is 0.480 e. The van der Waals surface area contributed by atoms with Crippen LogP contribution in [0.4, 0.5) is 0 Å². The Morgan fingerprint density at radius 3 is 2.71 bits per heavy atom. The quantitative estimate of drug-likeness (QED) is 0.793. The van der Waals surface area contributed by atoms with Gasteiger partial charge >= 0.3 is 5.97 Å². The van der Waals surface area contributed by atoms with E-state index in [-0.39, 0.29) is 6.04 Å². The van der Waals surface area contributed by atoms with Gasteiger partial charge in [0.1, 0.15) is 0 Å². The van der Waals surface area contributed by atoms with E-state index in [0.717, 1.165) is 18.6 Å². The van der Waals surface area contributed by atoms with Gasteiger partial charge < -0.3 is 9.84 Å². The van der Waals surface area contributed by atoms with Crippen molar-refractivity contribution < 1.29 is 14.6 Å². The maximum atomic E-state index is 12.0. The highest BCUT2D eigenvalue weighted by molar-refractivity contribution is 5.81. The summed E-state index contributed by atoms with van der Waals surface area (Å²) in [5.74, 6) is -0.846. The van der Waals surface area contributed by atoms with Crippen molar-refractivity contribution in [1.29, 1.82) is 0 Å². The SMILES string of the molecule is CCNC(CN(C)C1CCOC1)(C(=O)O)c1ccccc1. The van der Waals surface area contributed by atoms with Gasteiger partial charge in [0.05, 0.1) is 6.61 Å². The Bertz CT molecular complexity index is 460. The van der Waals surface area contributed by atoms with E-state index in [0.29, 0.717) is 19.7 Å². The summed E-state index contributed by atoms with van der Waals surface area (Å²) in [5.41, 5.74) is -0.307. The first-order valence-corrected chi connectivity index (χ1v) is 7.42. The lowest BCUT2D eigenvalue weighted by Crippen LogP contribution is -2.57. The molecule has 0 amide bonds. The number of carboxylic acid groups (broad SMARTS) is 1. The molecule has 0 bridgehead atoms. The third kappa shape index (κ3) is 3.43. The van der Waals surface area contributed by atoms with E-state index in [2.05, 4.69) is 10.2 Å². The number of carbonyl (C=O) groups is 1. The summed E-state index contributed by atoms with van der Waals surface area (Å²) < 4.78 is 5.41. The lowest BCUT2D eigenvalue weighted by atomic mass is 9.88. The standard InChI is InChI=1S/C16H24N2O3/c1-3-17-16(15(19)20,13-7-5-4-6-8-13)12-18(2)14-9-10-21-11-14/h4-8,14,17H,3,9-12H2,1-2H3,(H,19,20). The van der Waals surface area contributed by atoms with Crippen LogP contribution in [0.15, 0.2) is 30.3 Å². The predicted molar refractivity (Wildman–Crippen MR) is 81.3 cm³/mol. The van der Waals surface area contributed by atoms with Crippen molar-refractivity contribution in [2.24, 2.45) is 0 Å². The molecule has 5 nitrogen and oxygen atoms in total. The lowest BCUT2D eigenvalue weighted by molar-refractivity contribution is -0.146. The predicted octanol–water partition coefficient (Wildman–Crippen LogP) is 1.30. The molecule has 5 heteroatoms. The van der Waals surface area contributed by atoms with Gasteiger partial charge in [0, 0.05) is 19.2 Å². The van der Waals surface area contributed by atoms with Crippen molar-refractivity contribution >= 4 is 5.97 Å². The van der Waals surface area contributed by atoms with Crippen LogP contribution in [-0.2, 0) is 15.1 Å². The summed E-state index contributed by atoms with van der Waals surface area (Å²) in [4.78, 5) is 14.1. The van der Waals surface area contributed by atoms with Gasteiger partial charge in [0.25, 0.3) is 0 Å². The highest BCUT2D eigenvalue weighted by Gasteiger charge is 2.42. The van der Waals surface area contributed by atoms with Gasteiger partial charge in [-0.1, -0.05) is 37.3 Å². The highest BCUT2D eigenvalue weighted by atomic mass is 16.5. The van der Waals surface area contributed by atoms with Crippen LogP contribution in [0.5, 0.6) is 0 Å². The summed E-state index contributed by atoms with van der Waals surface area (Å²) in [6.07, 6.45) is 0.952. The third-order valence-corrected chi connectivity index (χ3v) is 4.13. The van der Waals surface area contributed by atoms with E-state index in [1.165, 1.54) is 0 Å². The number of aliphatic carboxylic acids is 1. The fourth-order valence-electron chi connectivity index (χ4n) is 2.91. The van der Waals surface area contributed by atoms with Gasteiger partial charge in [-0.05, 0) is 25.6 Å². The molecular weight excluding hydrogens is 268 g/mol. The van der Waals surface area contributed by atoms with Crippen molar-refractivity contribution in [1.82, 2.24) is 10.2 Å². The van der Waals surface area contributed by atoms with Crippen LogP contribution in [0.1, 0.15) is 18.9 Å². The number of hydrogen-bond acceptors (Lipinski definition) is 4. The van der Waals surface area contributed by atoms with Crippen molar-refractivity contribution in [3.05, 3.63) is 35.9 Å². The zero-order valence-corrected chi connectivity index (χ0v) is 12.7. The zero-order chi connectivity index (χ0) is 15.3. The fraction of sp³-hybridized carbons (Fsp3) is 0.562. The Labute approximate surface area is 125 Å². The van der Waals surface area contributed by atoms with E-state index in [4.69, 9.17) is 4.74 Å². The van der Waals surface area contributed by atoms with Gasteiger partial charge in [-0.25, -0.2) is 4.79 Å². The number of likely N-dealkylation sites (N-methyl/N-ethyl adjacent to an activating group) is 2. The summed E-state index contributed by atoms with van der Waals surface area (Å²) in [7, 11) is 1.97. The van der Waals surface area contributed by atoms with Crippen LogP contribution in [0.2, 0.25) is 0 Å². The maximum Gasteiger partial charge on any atom is 0.329 e. The van der Waals surface area contributed by atoms with Crippen LogP contribution in [-0.4, -0.2) is 55.4 Å². The molecule has 0 radical (unpaired) electrons. The van der Waals surface area contributed by atoms with Gasteiger partial charge in [0.15, 0.2) is 5.54 Å². The van der Waals surface area contributed by atoms with Crippen LogP contribution in [0.3, 0.4) is 0 Å². The number of nitrogens with zero attached hydrogens (tertiary/aromatic N) is 1. The molecular formula is C16H24N2O3. The van der Waals surface area contributed by atoms with Gasteiger partial charge in [-0.15, -0.1) is 0 Å². The van der Waals surface area contributed by atoms with Crippen molar-refractivity contribution in [2.45, 2.75) is 24.9 Å². The normalized spacial score (nSPS) is 21.4. The second-order valence-electron chi connectivity index (χ2n) is 5.54. The van der Waals surface area contributed by atoms with E-state index >= 15 is 0 Å². The molecule has 0 aromatic heterocycles. The number of hydrogen-bond donors (Lipinski definition) is 2. The molecule has 1 aliphatic heterocycles. The van der Waals surface area contributed by atoms with Crippen LogP contribution < -0.4 is 5.32 Å². The Morgan fingerprint density at radius 1 is 1.48 bits per heavy atom. The minimum atomic E-state index is -1.09. The summed E-state index contributed by atoms with van der Waals surface area (Å²) in [6.45, 7) is 4.36. The van der Waals surface area contributed by atoms with Crippen LogP contribution in [0, 0.1) is 0 Å². The fourth-order valence-corrected chi connectivity index (χ4v) is 2.91. The lowest BCUT2D eigenvalue weighted by Gasteiger charge is -2.36. The second-order valence-corrected chi connectivity index (χ2v) is 5.54. The molecule has 116 valence electrons. The number of ether oxygens (including phenoxy) is 1. The molecule has 2 N–H and O–H groups in total. The molecule has 0 spiro atoms. The molecule has 2 unspecified atom stereocenters. The van der Waals surface area contributed by atoms with Gasteiger partial charge in [0.2, 0.25) is 0 Å². The molecule has 0 aliphatic carbocycles. The molecule has 1 aliphatic rings. The van der Waals surface area contributed by atoms with Crippen LogP contribution >= 0.6 is 0 Å². The summed E-state index contributed by atoms with van der Waals surface area (Å²) in [6, 6.07) is 9.68. The maximum absolute atomic E-state index is 12.0. The molecule has 1 aromatic rings. The average Bonchev–Trinajstić information content (AvgIpc) is 3.01. The molecule has 1 heterocycles. The Balaban J connectivity index is 2.28. The number of benzene rings is 1. The molecule has 1 aromatic carbocycles. The minimum Gasteiger partial charge on any atom is -0.480 e. The minimum absolute atomic E-state index is 0.283. The van der Waals surface area contributed by atoms with Crippen molar-refractivity contribution in [2.75, 3.05) is 33.4 Å². The Kier molecular flexibility index (Phi) is 5.33. The number of rotatable bonds is 7. The van der Waals surface area contributed by atoms with E-state index in [9.17, 15) is 9.90 Å². The number of carboxylic acids is 1. The van der Waals surface area contributed by atoms with Gasteiger partial charge in [-0.3, -0.25) is 10.2 Å². The molecule has 2 atom stereocenters. The van der Waals surface area contributed by atoms with Gasteiger partial charge in [-0.2, -0.15) is 0 Å². The molecule has 21 heavy (non-hydrogen) atoms. The first-order valence-electron chi connectivity index (χ1n) is 7.42. The van der Waals surface area contributed by atoms with E-state index < -0.39 is 11.5 Å². The topological polar surface area (TPSA) is 61.8 Å². The average molecular weight is 292 g/mol. The smallest absolute Gasteiger partial charge is 0.329 e. The Hall–Kier alpha value is -1.43. The number of nitrogens with one attached hydrogen (secondary N) is 1. The first kappa shape index (κ1) is 15.9. The summed E-state index contributed by atoms with van der Waals surface area (Å²) in [5, 5.41) is 13.1. The van der Waals surface area contributed by atoms with E-state index in [1.54, 1.807) is 0 Å². The van der Waals surface area contributed by atoms with Crippen molar-refractivity contribution in [3.63, 3.8) is 0 Å². The molecule has 1 saturated heterocycles. The Morgan fingerprint density at radius 2 is 2.19 bits per heavy atom. The molecule has 0 saturated carbocycles. The second kappa shape index (κ2) is 7.02. The monoisotopic (exact) mass is 292 g/mol. The van der Waals surface area contributed by atoms with E-state index in [1.807, 2.05) is 44.3 Å². The third-order valence-electron chi connectivity index (χ3n) is 4.13. The zero-order valence-electron chi connectivity index (χ0n) is 12.7. The highest BCUT2D eigenvalue weighted by Crippen LogP contribution is 2.25. The summed E-state index contributed by atoms with van der Waals surface area (Å²) >= 11 is 0. The first-order chi connectivity index (χ1) is 10.1. The molecule has 2 rings (SSSR count). The van der Waals surface area contributed by atoms with Crippen molar-refractivity contribution in [3.8, 4) is 0 Å².